The molecule has 0 aliphatic heterocycles. The molecule has 2 aromatic carbocycles. The molecule has 1 aromatic heterocycles. The summed E-state index contributed by atoms with van der Waals surface area (Å²) < 4.78 is 7.18. The van der Waals surface area contributed by atoms with Gasteiger partial charge in [-0.1, -0.05) is 61.9 Å². The smallest absolute Gasteiger partial charge is 0.330 e. The van der Waals surface area contributed by atoms with Crippen LogP contribution in [0.1, 0.15) is 42.5 Å². The van der Waals surface area contributed by atoms with Crippen molar-refractivity contribution in [3.05, 3.63) is 85.6 Å². The molecule has 1 heterocycles. The van der Waals surface area contributed by atoms with Crippen LogP contribution in [0.4, 0.5) is 11.5 Å². The molecule has 0 saturated heterocycles. The average molecular weight is 479 g/mol. The monoisotopic (exact) mass is 478 g/mol. The fraction of sp³-hybridized carbons (Fsp3) is 0.370. The topological polar surface area (TPSA) is 110 Å². The first kappa shape index (κ1) is 25.8. The van der Waals surface area contributed by atoms with Crippen molar-refractivity contribution in [1.29, 1.82) is 0 Å². The van der Waals surface area contributed by atoms with E-state index in [4.69, 9.17) is 10.5 Å². The molecule has 0 radical (unpaired) electrons. The minimum Gasteiger partial charge on any atom is -0.483 e. The molecular weight excluding hydrogens is 444 g/mol. The number of amides is 1. The highest BCUT2D eigenvalue weighted by Crippen LogP contribution is 2.25. The fourth-order valence-corrected chi connectivity index (χ4v) is 4.12. The number of anilines is 2. The Balaban J connectivity index is 1.97. The van der Waals surface area contributed by atoms with Crippen molar-refractivity contribution in [2.75, 3.05) is 23.8 Å². The number of carbonyl (C=O) groups excluding carboxylic acids is 1. The molecule has 0 fully saturated rings. The van der Waals surface area contributed by atoms with E-state index >= 15 is 0 Å². The normalized spacial score (nSPS) is 11.0. The Hall–Kier alpha value is -3.81. The van der Waals surface area contributed by atoms with Gasteiger partial charge in [0.25, 0.3) is 11.5 Å². The summed E-state index contributed by atoms with van der Waals surface area (Å²) in [4.78, 5) is 42.5. The van der Waals surface area contributed by atoms with Gasteiger partial charge in [-0.15, -0.1) is 0 Å². The van der Waals surface area contributed by atoms with Crippen LogP contribution < -0.4 is 26.6 Å². The quantitative estimate of drug-likeness (QED) is 0.489. The predicted octanol–water partition coefficient (Wildman–Crippen LogP) is 3.55. The molecule has 3 N–H and O–H groups in total. The van der Waals surface area contributed by atoms with Crippen molar-refractivity contribution < 1.29 is 9.53 Å². The molecule has 3 aromatic rings. The van der Waals surface area contributed by atoms with Gasteiger partial charge in [-0.05, 0) is 49.8 Å². The molecule has 35 heavy (non-hydrogen) atoms. The molecule has 0 spiro atoms. The molecule has 8 nitrogen and oxygen atoms in total. The Morgan fingerprint density at radius 1 is 1.09 bits per heavy atom. The average Bonchev–Trinajstić information content (AvgIpc) is 2.78. The second kappa shape index (κ2) is 11.1. The predicted molar refractivity (Wildman–Crippen MR) is 139 cm³/mol. The van der Waals surface area contributed by atoms with Crippen LogP contribution >= 0.6 is 0 Å². The van der Waals surface area contributed by atoms with E-state index in [0.717, 1.165) is 22.3 Å². The molecule has 3 rings (SSSR count). The van der Waals surface area contributed by atoms with Crippen LogP contribution in [0.25, 0.3) is 0 Å². The van der Waals surface area contributed by atoms with Gasteiger partial charge in [0.2, 0.25) is 0 Å². The third-order valence-corrected chi connectivity index (χ3v) is 5.84. The van der Waals surface area contributed by atoms with Crippen molar-refractivity contribution in [1.82, 2.24) is 9.55 Å². The van der Waals surface area contributed by atoms with Gasteiger partial charge in [-0.25, -0.2) is 4.79 Å². The maximum atomic E-state index is 13.4. The number of aromatic amines is 1. The summed E-state index contributed by atoms with van der Waals surface area (Å²) in [6, 6.07) is 13.3. The van der Waals surface area contributed by atoms with Crippen molar-refractivity contribution in [2.45, 2.75) is 47.6 Å². The van der Waals surface area contributed by atoms with Crippen LogP contribution in [0, 0.1) is 26.7 Å². The lowest BCUT2D eigenvalue weighted by molar-refractivity contribution is -0.120. The van der Waals surface area contributed by atoms with Gasteiger partial charge < -0.3 is 15.4 Å². The number of hydrogen-bond acceptors (Lipinski definition) is 5. The number of nitrogens with one attached hydrogen (secondary N) is 1. The second-order valence-corrected chi connectivity index (χ2v) is 9.31. The van der Waals surface area contributed by atoms with Gasteiger partial charge in [0, 0.05) is 6.54 Å². The van der Waals surface area contributed by atoms with E-state index in [9.17, 15) is 14.4 Å². The zero-order valence-corrected chi connectivity index (χ0v) is 21.1. The Bertz CT molecular complexity index is 1290. The van der Waals surface area contributed by atoms with Gasteiger partial charge in [-0.3, -0.25) is 19.1 Å². The lowest BCUT2D eigenvalue weighted by Crippen LogP contribution is -2.43. The number of carbonyl (C=O) groups is 1. The van der Waals surface area contributed by atoms with E-state index in [0.29, 0.717) is 12.2 Å². The van der Waals surface area contributed by atoms with Crippen molar-refractivity contribution in [3.8, 4) is 5.75 Å². The molecule has 0 bridgehead atoms. The first-order valence-corrected chi connectivity index (χ1v) is 11.8. The van der Waals surface area contributed by atoms with Crippen LogP contribution in [0.2, 0.25) is 0 Å². The van der Waals surface area contributed by atoms with Gasteiger partial charge in [-0.2, -0.15) is 0 Å². The Labute approximate surface area is 205 Å². The van der Waals surface area contributed by atoms with Crippen molar-refractivity contribution in [3.63, 3.8) is 0 Å². The standard InChI is InChI=1S/C27H34N4O4/c1-17(2)11-12-30(22(32)16-35-24-19(4)13-18(3)14-20(24)5)23-25(28)31(27(34)29-26(23)33)15-21-9-7-6-8-10-21/h6-10,13-14,17H,11-12,15-16,28H2,1-5H3,(H,29,33,34). The molecule has 1 amide bonds. The summed E-state index contributed by atoms with van der Waals surface area (Å²) in [5.74, 6) is 0.460. The molecule has 0 saturated carbocycles. The Kier molecular flexibility index (Phi) is 8.17. The van der Waals surface area contributed by atoms with E-state index in [1.807, 2.05) is 77.1 Å². The molecule has 0 atom stereocenters. The maximum absolute atomic E-state index is 13.4. The molecule has 0 aliphatic carbocycles. The number of aryl methyl sites for hydroxylation is 3. The third kappa shape index (κ3) is 6.20. The highest BCUT2D eigenvalue weighted by atomic mass is 16.5. The first-order chi connectivity index (χ1) is 16.6. The number of nitrogens with zero attached hydrogens (tertiary/aromatic N) is 2. The highest BCUT2D eigenvalue weighted by molar-refractivity contribution is 5.96. The molecule has 186 valence electrons. The summed E-state index contributed by atoms with van der Waals surface area (Å²) in [6.45, 7) is 10.1. The Morgan fingerprint density at radius 2 is 1.71 bits per heavy atom. The number of benzene rings is 2. The zero-order valence-electron chi connectivity index (χ0n) is 21.1. The Morgan fingerprint density at radius 3 is 2.31 bits per heavy atom. The summed E-state index contributed by atoms with van der Waals surface area (Å²) in [6.07, 6.45) is 0.644. The van der Waals surface area contributed by atoms with Crippen molar-refractivity contribution in [2.24, 2.45) is 5.92 Å². The van der Waals surface area contributed by atoms with Crippen LogP contribution in [-0.4, -0.2) is 28.6 Å². The molecule has 8 heteroatoms. The largest absolute Gasteiger partial charge is 0.483 e. The van der Waals surface area contributed by atoms with Crippen LogP contribution in [-0.2, 0) is 11.3 Å². The van der Waals surface area contributed by atoms with Crippen LogP contribution in [0.3, 0.4) is 0 Å². The number of hydrogen-bond donors (Lipinski definition) is 2. The zero-order chi connectivity index (χ0) is 25.7. The van der Waals surface area contributed by atoms with E-state index < -0.39 is 17.2 Å². The molecule has 0 aliphatic rings. The van der Waals surface area contributed by atoms with Crippen LogP contribution in [0.15, 0.2) is 52.1 Å². The molecule has 0 unspecified atom stereocenters. The number of H-pyrrole nitrogens is 1. The summed E-state index contributed by atoms with van der Waals surface area (Å²) in [5.41, 5.74) is 8.81. The lowest BCUT2D eigenvalue weighted by Gasteiger charge is -2.25. The number of ether oxygens (including phenoxy) is 1. The van der Waals surface area contributed by atoms with E-state index in [1.54, 1.807) is 0 Å². The lowest BCUT2D eigenvalue weighted by atomic mass is 10.1. The third-order valence-electron chi connectivity index (χ3n) is 5.84. The fourth-order valence-electron chi connectivity index (χ4n) is 4.12. The van der Waals surface area contributed by atoms with Gasteiger partial charge in [0.1, 0.15) is 11.6 Å². The first-order valence-electron chi connectivity index (χ1n) is 11.8. The van der Waals surface area contributed by atoms with Gasteiger partial charge in [0.05, 0.1) is 6.54 Å². The minimum atomic E-state index is -0.698. The number of nitrogens with two attached hydrogens (primary N) is 1. The van der Waals surface area contributed by atoms with Gasteiger partial charge in [0.15, 0.2) is 12.3 Å². The minimum absolute atomic E-state index is 0.0351. The number of aromatic nitrogens is 2. The van der Waals surface area contributed by atoms with Crippen molar-refractivity contribution >= 4 is 17.4 Å². The molecular formula is C27H34N4O4. The summed E-state index contributed by atoms with van der Waals surface area (Å²) in [5, 5.41) is 0. The number of rotatable bonds is 9. The highest BCUT2D eigenvalue weighted by Gasteiger charge is 2.25. The summed E-state index contributed by atoms with van der Waals surface area (Å²) in [7, 11) is 0. The van der Waals surface area contributed by atoms with Gasteiger partial charge >= 0.3 is 5.69 Å². The van der Waals surface area contributed by atoms with E-state index in [1.165, 1.54) is 9.47 Å². The van der Waals surface area contributed by atoms with Crippen LogP contribution in [0.5, 0.6) is 5.75 Å². The maximum Gasteiger partial charge on any atom is 0.330 e. The van der Waals surface area contributed by atoms with E-state index in [-0.39, 0.29) is 37.1 Å². The summed E-state index contributed by atoms with van der Waals surface area (Å²) >= 11 is 0. The van der Waals surface area contributed by atoms with E-state index in [2.05, 4.69) is 4.98 Å². The number of nitrogen functional groups attached to an aromatic ring is 1. The second-order valence-electron chi connectivity index (χ2n) is 9.31. The SMILES string of the molecule is Cc1cc(C)c(OCC(=O)N(CCC(C)C)c2c(N)n(Cc3ccccc3)c(=O)[nH]c2=O)c(C)c1.